The summed E-state index contributed by atoms with van der Waals surface area (Å²) in [5.74, 6) is 0.231. The predicted octanol–water partition coefficient (Wildman–Crippen LogP) is 3.02. The van der Waals surface area contributed by atoms with Gasteiger partial charge in [0, 0.05) is 36.4 Å². The maximum absolute atomic E-state index is 12.9. The molecular weight excluding hydrogens is 460 g/mol. The fourth-order valence-corrected chi connectivity index (χ4v) is 4.18. The van der Waals surface area contributed by atoms with E-state index in [0.29, 0.717) is 41.5 Å². The number of carbonyl (C=O) groups excluding carboxylic acids is 3. The van der Waals surface area contributed by atoms with Gasteiger partial charge in [-0.25, -0.2) is 0 Å². The van der Waals surface area contributed by atoms with Crippen LogP contribution in [0.1, 0.15) is 47.4 Å². The van der Waals surface area contributed by atoms with Gasteiger partial charge in [0.05, 0.1) is 19.8 Å². The van der Waals surface area contributed by atoms with Gasteiger partial charge in [-0.1, -0.05) is 0 Å². The van der Waals surface area contributed by atoms with Crippen LogP contribution in [0, 0.1) is 0 Å². The van der Waals surface area contributed by atoms with Crippen molar-refractivity contribution in [3.05, 3.63) is 53.6 Å². The van der Waals surface area contributed by atoms with Crippen LogP contribution in [-0.2, 0) is 4.79 Å². The highest BCUT2D eigenvalue weighted by Crippen LogP contribution is 2.28. The largest absolute Gasteiger partial charge is 0.490 e. The fraction of sp³-hybridized carbons (Fsp3) is 0.444. The van der Waals surface area contributed by atoms with Crippen molar-refractivity contribution in [2.75, 3.05) is 52.3 Å². The summed E-state index contributed by atoms with van der Waals surface area (Å²) in [6.07, 6.45) is 2.07. The van der Waals surface area contributed by atoms with Gasteiger partial charge in [0.25, 0.3) is 11.8 Å². The molecule has 2 aromatic carbocycles. The second kappa shape index (κ2) is 12.9. The maximum atomic E-state index is 12.9. The van der Waals surface area contributed by atoms with Crippen molar-refractivity contribution in [3.8, 4) is 11.5 Å². The Bertz CT molecular complexity index is 1060. The van der Waals surface area contributed by atoms with Gasteiger partial charge >= 0.3 is 0 Å². The quantitative estimate of drug-likeness (QED) is 0.525. The van der Waals surface area contributed by atoms with Crippen molar-refractivity contribution in [1.82, 2.24) is 15.1 Å². The molecule has 1 unspecified atom stereocenters. The summed E-state index contributed by atoms with van der Waals surface area (Å²) in [6, 6.07) is 11.9. The number of amides is 3. The summed E-state index contributed by atoms with van der Waals surface area (Å²) >= 11 is 0. The Morgan fingerprint density at radius 1 is 1.00 bits per heavy atom. The molecular formula is C27H36N4O5. The number of nitrogens with zero attached hydrogens (tertiary/aromatic N) is 2. The van der Waals surface area contributed by atoms with Crippen molar-refractivity contribution in [2.24, 2.45) is 0 Å². The lowest BCUT2D eigenvalue weighted by Gasteiger charge is -2.35. The minimum atomic E-state index is -0.397. The highest BCUT2D eigenvalue weighted by atomic mass is 16.5. The van der Waals surface area contributed by atoms with E-state index in [-0.39, 0.29) is 24.4 Å². The van der Waals surface area contributed by atoms with Gasteiger partial charge in [0.2, 0.25) is 5.91 Å². The zero-order valence-corrected chi connectivity index (χ0v) is 21.5. The van der Waals surface area contributed by atoms with Gasteiger partial charge in [0.1, 0.15) is 0 Å². The van der Waals surface area contributed by atoms with Crippen LogP contribution in [0.15, 0.2) is 42.5 Å². The predicted molar refractivity (Wildman–Crippen MR) is 139 cm³/mol. The molecule has 9 heteroatoms. The van der Waals surface area contributed by atoms with Gasteiger partial charge in [-0.3, -0.25) is 14.4 Å². The molecule has 9 nitrogen and oxygen atoms in total. The first-order chi connectivity index (χ1) is 17.3. The number of hydrogen-bond donors (Lipinski definition) is 2. The van der Waals surface area contributed by atoms with E-state index in [9.17, 15) is 14.4 Å². The standard InChI is InChI=1S/C27H36N4O5/c1-5-35-23-14-11-20(16-24(23)36-6-2)26(33)28-17-25(32)29-21-12-9-19(10-13-21)27(34)31(4)22-8-7-15-30(3)18-22/h9-14,16,22H,5-8,15,17-18H2,1-4H3,(H,28,33)(H,29,32). The molecule has 0 saturated carbocycles. The minimum absolute atomic E-state index is 0.0396. The van der Waals surface area contributed by atoms with E-state index >= 15 is 0 Å². The van der Waals surface area contributed by atoms with Crippen LogP contribution >= 0.6 is 0 Å². The number of carbonyl (C=O) groups is 3. The number of benzene rings is 2. The second-order valence-electron chi connectivity index (χ2n) is 8.81. The molecule has 2 N–H and O–H groups in total. The molecule has 1 fully saturated rings. The van der Waals surface area contributed by atoms with Crippen molar-refractivity contribution in [3.63, 3.8) is 0 Å². The topological polar surface area (TPSA) is 100 Å². The smallest absolute Gasteiger partial charge is 0.253 e. The number of rotatable bonds is 10. The Labute approximate surface area is 212 Å². The Morgan fingerprint density at radius 3 is 2.33 bits per heavy atom. The molecule has 1 saturated heterocycles. The molecule has 0 spiro atoms. The first kappa shape index (κ1) is 27.0. The lowest BCUT2D eigenvalue weighted by atomic mass is 10.0. The number of likely N-dealkylation sites (tertiary alicyclic amines) is 1. The molecule has 1 heterocycles. The monoisotopic (exact) mass is 496 g/mol. The zero-order valence-electron chi connectivity index (χ0n) is 21.5. The fourth-order valence-electron chi connectivity index (χ4n) is 4.18. The van der Waals surface area contributed by atoms with Crippen molar-refractivity contribution in [2.45, 2.75) is 32.7 Å². The Morgan fingerprint density at radius 2 is 1.67 bits per heavy atom. The van der Waals surface area contributed by atoms with Gasteiger partial charge in [-0.2, -0.15) is 0 Å². The summed E-state index contributed by atoms with van der Waals surface area (Å²) in [5.41, 5.74) is 1.48. The third-order valence-corrected chi connectivity index (χ3v) is 6.10. The highest BCUT2D eigenvalue weighted by molar-refractivity contribution is 6.00. The summed E-state index contributed by atoms with van der Waals surface area (Å²) in [6.45, 7) is 6.36. The zero-order chi connectivity index (χ0) is 26.1. The highest BCUT2D eigenvalue weighted by Gasteiger charge is 2.25. The molecule has 2 aromatic rings. The summed E-state index contributed by atoms with van der Waals surface area (Å²) in [4.78, 5) is 41.8. The van der Waals surface area contributed by atoms with Crippen LogP contribution in [0.5, 0.6) is 11.5 Å². The Balaban J connectivity index is 1.52. The number of nitrogens with one attached hydrogen (secondary N) is 2. The lowest BCUT2D eigenvalue weighted by Crippen LogP contribution is -2.47. The van der Waals surface area contributed by atoms with E-state index in [1.807, 2.05) is 20.9 Å². The van der Waals surface area contributed by atoms with Crippen LogP contribution in [0.2, 0.25) is 0 Å². The summed E-state index contributed by atoms with van der Waals surface area (Å²) in [5, 5.41) is 5.35. The van der Waals surface area contributed by atoms with E-state index in [1.54, 1.807) is 47.4 Å². The van der Waals surface area contributed by atoms with E-state index in [4.69, 9.17) is 9.47 Å². The number of hydrogen-bond acceptors (Lipinski definition) is 6. The maximum Gasteiger partial charge on any atom is 0.253 e. The Hall–Kier alpha value is -3.59. The SMILES string of the molecule is CCOc1ccc(C(=O)NCC(=O)Nc2ccc(C(=O)N(C)C3CCCN(C)C3)cc2)cc1OCC. The number of anilines is 1. The van der Waals surface area contributed by atoms with Gasteiger partial charge < -0.3 is 29.9 Å². The third-order valence-electron chi connectivity index (χ3n) is 6.10. The minimum Gasteiger partial charge on any atom is -0.490 e. The molecule has 0 bridgehead atoms. The number of piperidine rings is 1. The molecule has 194 valence electrons. The van der Waals surface area contributed by atoms with Crippen molar-refractivity contribution in [1.29, 1.82) is 0 Å². The third kappa shape index (κ3) is 7.21. The normalized spacial score (nSPS) is 15.6. The van der Waals surface area contributed by atoms with Crippen molar-refractivity contribution >= 4 is 23.4 Å². The molecule has 0 aliphatic carbocycles. The molecule has 1 aliphatic rings. The van der Waals surface area contributed by atoms with Gasteiger partial charge in [-0.15, -0.1) is 0 Å². The molecule has 0 radical (unpaired) electrons. The number of likely N-dealkylation sites (N-methyl/N-ethyl adjacent to an activating group) is 2. The first-order valence-corrected chi connectivity index (χ1v) is 12.4. The second-order valence-corrected chi connectivity index (χ2v) is 8.81. The molecule has 1 atom stereocenters. The van der Waals surface area contributed by atoms with Crippen LogP contribution in [0.25, 0.3) is 0 Å². The van der Waals surface area contributed by atoms with Gasteiger partial charge in [-0.05, 0) is 82.7 Å². The number of ether oxygens (including phenoxy) is 2. The first-order valence-electron chi connectivity index (χ1n) is 12.4. The van der Waals surface area contributed by atoms with Crippen LogP contribution < -0.4 is 20.1 Å². The summed E-state index contributed by atoms with van der Waals surface area (Å²) in [7, 11) is 3.91. The molecule has 3 amide bonds. The molecule has 3 rings (SSSR count). The Kier molecular flexibility index (Phi) is 9.69. The average molecular weight is 497 g/mol. The van der Waals surface area contributed by atoms with Crippen molar-refractivity contribution < 1.29 is 23.9 Å². The van der Waals surface area contributed by atoms with E-state index in [2.05, 4.69) is 22.6 Å². The summed E-state index contributed by atoms with van der Waals surface area (Å²) < 4.78 is 11.1. The van der Waals surface area contributed by atoms with Crippen LogP contribution in [0.4, 0.5) is 5.69 Å². The molecule has 0 aromatic heterocycles. The molecule has 1 aliphatic heterocycles. The average Bonchev–Trinajstić information content (AvgIpc) is 2.88. The van der Waals surface area contributed by atoms with Crippen LogP contribution in [-0.4, -0.2) is 80.5 Å². The van der Waals surface area contributed by atoms with E-state index in [0.717, 1.165) is 25.9 Å². The van der Waals surface area contributed by atoms with E-state index in [1.165, 1.54) is 0 Å². The van der Waals surface area contributed by atoms with Gasteiger partial charge in [0.15, 0.2) is 11.5 Å². The van der Waals surface area contributed by atoms with Crippen LogP contribution in [0.3, 0.4) is 0 Å². The lowest BCUT2D eigenvalue weighted by molar-refractivity contribution is -0.115. The van der Waals surface area contributed by atoms with E-state index < -0.39 is 5.91 Å². The molecule has 36 heavy (non-hydrogen) atoms.